The Labute approximate surface area is 237 Å². The van der Waals surface area contributed by atoms with Crippen molar-refractivity contribution in [3.05, 3.63) is 82.8 Å². The minimum atomic E-state index is -0.343. The summed E-state index contributed by atoms with van der Waals surface area (Å²) in [5.74, 6) is 2.33. The van der Waals surface area contributed by atoms with E-state index in [1.54, 1.807) is 0 Å². The van der Waals surface area contributed by atoms with Gasteiger partial charge in [-0.15, -0.1) is 0 Å². The number of hydrogen-bond donors (Lipinski definition) is 1. The Hall–Kier alpha value is -3.16. The SMILES string of the molecule is O=C1/C(=C/c2ccccc2OCc2cccc3ccccc23)SC(=S)N1NC(=O)C12CC3CC(CC(C3)C1)C2. The molecule has 1 heterocycles. The highest BCUT2D eigenvalue weighted by Crippen LogP contribution is 2.60. The number of nitrogens with zero attached hydrogens (tertiary/aromatic N) is 1. The second-order valence-corrected chi connectivity index (χ2v) is 13.3. The molecular formula is C32H30N2O3S2. The zero-order valence-corrected chi connectivity index (χ0v) is 23.2. The van der Waals surface area contributed by atoms with E-state index in [0.29, 0.717) is 39.3 Å². The number of nitrogens with one attached hydrogen (secondary N) is 1. The third-order valence-electron chi connectivity index (χ3n) is 9.00. The van der Waals surface area contributed by atoms with Crippen LogP contribution in [0.3, 0.4) is 0 Å². The largest absolute Gasteiger partial charge is 0.488 e. The third-order valence-corrected chi connectivity index (χ3v) is 10.3. The van der Waals surface area contributed by atoms with Crippen LogP contribution in [0.2, 0.25) is 0 Å². The summed E-state index contributed by atoms with van der Waals surface area (Å²) in [6.45, 7) is 0.411. The van der Waals surface area contributed by atoms with Crippen molar-refractivity contribution in [2.75, 3.05) is 0 Å². The summed E-state index contributed by atoms with van der Waals surface area (Å²) >= 11 is 6.77. The van der Waals surface area contributed by atoms with Gasteiger partial charge in [0, 0.05) is 5.56 Å². The number of amides is 2. The number of fused-ring (bicyclic) bond motifs is 1. The van der Waals surface area contributed by atoms with Gasteiger partial charge in [0.25, 0.3) is 5.91 Å². The lowest BCUT2D eigenvalue weighted by atomic mass is 9.49. The van der Waals surface area contributed by atoms with Gasteiger partial charge in [0.15, 0.2) is 4.32 Å². The molecule has 198 valence electrons. The summed E-state index contributed by atoms with van der Waals surface area (Å²) in [5, 5.41) is 3.62. The molecule has 2 amide bonds. The van der Waals surface area contributed by atoms with Crippen molar-refractivity contribution >= 4 is 57.0 Å². The number of thioether (sulfide) groups is 1. The molecule has 0 aromatic heterocycles. The molecule has 1 saturated heterocycles. The van der Waals surface area contributed by atoms with Crippen molar-refractivity contribution in [2.45, 2.75) is 45.1 Å². The number of hydrazine groups is 1. The Morgan fingerprint density at radius 3 is 2.41 bits per heavy atom. The average molecular weight is 555 g/mol. The summed E-state index contributed by atoms with van der Waals surface area (Å²) in [5.41, 5.74) is 4.49. The second kappa shape index (κ2) is 9.79. The first-order chi connectivity index (χ1) is 19.0. The van der Waals surface area contributed by atoms with Gasteiger partial charge >= 0.3 is 0 Å². The lowest BCUT2D eigenvalue weighted by molar-refractivity contribution is -0.152. The molecule has 0 atom stereocenters. The number of rotatable bonds is 6. The maximum Gasteiger partial charge on any atom is 0.285 e. The number of carbonyl (C=O) groups is 2. The summed E-state index contributed by atoms with van der Waals surface area (Å²) in [6, 6.07) is 22.1. The molecule has 0 spiro atoms. The van der Waals surface area contributed by atoms with E-state index in [0.717, 1.165) is 35.8 Å². The van der Waals surface area contributed by atoms with Gasteiger partial charge in [0.2, 0.25) is 5.91 Å². The van der Waals surface area contributed by atoms with Crippen molar-refractivity contribution in [2.24, 2.45) is 23.2 Å². The van der Waals surface area contributed by atoms with Crippen LogP contribution in [0.1, 0.15) is 49.7 Å². The van der Waals surface area contributed by atoms with Gasteiger partial charge in [0.1, 0.15) is 12.4 Å². The van der Waals surface area contributed by atoms with Gasteiger partial charge in [0.05, 0.1) is 10.3 Å². The van der Waals surface area contributed by atoms with Crippen molar-refractivity contribution in [3.8, 4) is 5.75 Å². The van der Waals surface area contributed by atoms with Crippen molar-refractivity contribution in [3.63, 3.8) is 0 Å². The Bertz CT molecular complexity index is 1490. The van der Waals surface area contributed by atoms with E-state index in [1.807, 2.05) is 48.5 Å². The van der Waals surface area contributed by atoms with Crippen molar-refractivity contribution in [1.82, 2.24) is 10.4 Å². The quantitative estimate of drug-likeness (QED) is 0.266. The van der Waals surface area contributed by atoms with Crippen LogP contribution in [-0.2, 0) is 16.2 Å². The van der Waals surface area contributed by atoms with Gasteiger partial charge in [-0.3, -0.25) is 15.0 Å². The van der Waals surface area contributed by atoms with E-state index in [1.165, 1.54) is 41.4 Å². The highest BCUT2D eigenvalue weighted by atomic mass is 32.2. The van der Waals surface area contributed by atoms with Gasteiger partial charge in [-0.1, -0.05) is 72.4 Å². The molecule has 0 radical (unpaired) electrons. The third kappa shape index (κ3) is 4.55. The first-order valence-corrected chi connectivity index (χ1v) is 15.0. The topological polar surface area (TPSA) is 58.6 Å². The summed E-state index contributed by atoms with van der Waals surface area (Å²) in [4.78, 5) is 27.5. The molecule has 1 aliphatic heterocycles. The minimum Gasteiger partial charge on any atom is -0.488 e. The van der Waals surface area contributed by atoms with Crippen LogP contribution in [0.4, 0.5) is 0 Å². The number of ether oxygens (including phenoxy) is 1. The number of benzene rings is 3. The molecule has 4 saturated carbocycles. The van der Waals surface area contributed by atoms with Gasteiger partial charge in [-0.05, 0) is 97.0 Å². The lowest BCUT2D eigenvalue weighted by Crippen LogP contribution is -2.57. The van der Waals surface area contributed by atoms with Crippen LogP contribution in [0.15, 0.2) is 71.6 Å². The Balaban J connectivity index is 1.08. The Kier molecular flexibility index (Phi) is 6.24. The Morgan fingerprint density at radius 2 is 1.64 bits per heavy atom. The highest BCUT2D eigenvalue weighted by Gasteiger charge is 2.55. The molecule has 4 aliphatic carbocycles. The fourth-order valence-electron chi connectivity index (χ4n) is 7.62. The van der Waals surface area contributed by atoms with Crippen LogP contribution in [0.25, 0.3) is 16.8 Å². The van der Waals surface area contributed by atoms with Crippen molar-refractivity contribution in [1.29, 1.82) is 0 Å². The van der Waals surface area contributed by atoms with Crippen LogP contribution in [0.5, 0.6) is 5.75 Å². The molecule has 7 heteroatoms. The van der Waals surface area contributed by atoms with Crippen LogP contribution >= 0.6 is 24.0 Å². The summed E-state index contributed by atoms with van der Waals surface area (Å²) in [7, 11) is 0. The fourth-order valence-corrected chi connectivity index (χ4v) is 8.79. The molecule has 8 rings (SSSR count). The van der Waals surface area contributed by atoms with E-state index in [2.05, 4.69) is 29.7 Å². The highest BCUT2D eigenvalue weighted by molar-refractivity contribution is 8.26. The molecule has 1 N–H and O–H groups in total. The van der Waals surface area contributed by atoms with E-state index in [9.17, 15) is 9.59 Å². The normalized spacial score (nSPS) is 28.5. The maximum atomic E-state index is 13.6. The second-order valence-electron chi connectivity index (χ2n) is 11.6. The smallest absolute Gasteiger partial charge is 0.285 e. The first kappa shape index (κ1) is 24.9. The zero-order valence-electron chi connectivity index (χ0n) is 21.6. The molecule has 4 bridgehead atoms. The number of carbonyl (C=O) groups excluding carboxylic acids is 2. The molecular weight excluding hydrogens is 524 g/mol. The van der Waals surface area contributed by atoms with E-state index in [-0.39, 0.29) is 17.2 Å². The van der Waals surface area contributed by atoms with E-state index >= 15 is 0 Å². The minimum absolute atomic E-state index is 0.0297. The Morgan fingerprint density at radius 1 is 0.974 bits per heavy atom. The molecule has 39 heavy (non-hydrogen) atoms. The average Bonchev–Trinajstić information content (AvgIpc) is 3.19. The number of thiocarbonyl (C=S) groups is 1. The number of para-hydroxylation sites is 1. The molecule has 3 aromatic carbocycles. The molecule has 3 aromatic rings. The predicted octanol–water partition coefficient (Wildman–Crippen LogP) is 6.87. The maximum absolute atomic E-state index is 13.6. The fraction of sp³-hybridized carbons (Fsp3) is 0.344. The molecule has 5 nitrogen and oxygen atoms in total. The van der Waals surface area contributed by atoms with E-state index in [4.69, 9.17) is 17.0 Å². The molecule has 0 unspecified atom stereocenters. The standard InChI is InChI=1S/C32H30N2O3S2/c35-29-28(39-31(38)34(29)33-30(36)32-16-20-12-21(17-32)14-22(13-20)18-32)15-24-7-2-4-11-27(24)37-19-25-9-5-8-23-6-1-3-10-26(23)25/h1-11,15,20-22H,12-14,16-19H2,(H,33,36)/b28-15-. The predicted molar refractivity (Wildman–Crippen MR) is 158 cm³/mol. The zero-order chi connectivity index (χ0) is 26.6. The van der Waals surface area contributed by atoms with Crippen LogP contribution < -0.4 is 10.2 Å². The van der Waals surface area contributed by atoms with Gasteiger partial charge < -0.3 is 4.74 Å². The monoisotopic (exact) mass is 554 g/mol. The summed E-state index contributed by atoms with van der Waals surface area (Å²) in [6.07, 6.45) is 8.42. The van der Waals surface area contributed by atoms with E-state index < -0.39 is 0 Å². The lowest BCUT2D eigenvalue weighted by Gasteiger charge is -2.55. The molecule has 5 aliphatic rings. The summed E-state index contributed by atoms with van der Waals surface area (Å²) < 4.78 is 6.61. The number of hydrogen-bond acceptors (Lipinski definition) is 5. The first-order valence-electron chi connectivity index (χ1n) is 13.7. The molecule has 5 fully saturated rings. The van der Waals surface area contributed by atoms with Crippen LogP contribution in [-0.4, -0.2) is 21.1 Å². The van der Waals surface area contributed by atoms with Gasteiger partial charge in [-0.25, -0.2) is 0 Å². The van der Waals surface area contributed by atoms with Crippen molar-refractivity contribution < 1.29 is 14.3 Å². The van der Waals surface area contributed by atoms with Gasteiger partial charge in [-0.2, -0.15) is 5.01 Å². The van der Waals surface area contributed by atoms with Crippen LogP contribution in [0, 0.1) is 23.2 Å².